The van der Waals surface area contributed by atoms with E-state index in [2.05, 4.69) is 10.5 Å². The largest absolute Gasteiger partial charge is 0.359 e. The molecular formula is C16H18N2O4S2. The lowest BCUT2D eigenvalue weighted by molar-refractivity contribution is -0.118. The first-order valence-corrected chi connectivity index (χ1v) is 10.5. The molecule has 0 bridgehead atoms. The number of benzene rings is 1. The van der Waals surface area contributed by atoms with Crippen molar-refractivity contribution in [3.63, 3.8) is 0 Å². The molecule has 1 aliphatic rings. The van der Waals surface area contributed by atoms with Crippen LogP contribution in [0.2, 0.25) is 0 Å². The van der Waals surface area contributed by atoms with E-state index in [4.69, 9.17) is 4.52 Å². The summed E-state index contributed by atoms with van der Waals surface area (Å²) in [5.41, 5.74) is 1.68. The molecule has 1 amide bonds. The predicted octanol–water partition coefficient (Wildman–Crippen LogP) is 1.88. The van der Waals surface area contributed by atoms with Crippen LogP contribution in [0, 0.1) is 0 Å². The van der Waals surface area contributed by atoms with E-state index in [1.54, 1.807) is 6.07 Å². The van der Waals surface area contributed by atoms with E-state index in [0.717, 1.165) is 11.3 Å². The number of sulfone groups is 1. The third kappa shape index (κ3) is 4.61. The van der Waals surface area contributed by atoms with E-state index in [1.165, 1.54) is 11.8 Å². The minimum Gasteiger partial charge on any atom is -0.359 e. The number of hydrogen-bond acceptors (Lipinski definition) is 6. The van der Waals surface area contributed by atoms with Crippen LogP contribution in [0.15, 0.2) is 40.9 Å². The highest BCUT2D eigenvalue weighted by Gasteiger charge is 2.28. The fraction of sp³-hybridized carbons (Fsp3) is 0.375. The second kappa shape index (κ2) is 7.40. The Kier molecular flexibility index (Phi) is 5.25. The van der Waals surface area contributed by atoms with E-state index in [9.17, 15) is 13.2 Å². The van der Waals surface area contributed by atoms with Gasteiger partial charge in [0.1, 0.15) is 5.69 Å². The normalized spacial score (nSPS) is 19.2. The van der Waals surface area contributed by atoms with E-state index >= 15 is 0 Å². The topological polar surface area (TPSA) is 89.3 Å². The monoisotopic (exact) mass is 366 g/mol. The number of nitrogens with one attached hydrogen (secondary N) is 1. The third-order valence-electron chi connectivity index (χ3n) is 3.73. The van der Waals surface area contributed by atoms with Crippen molar-refractivity contribution in [3.8, 4) is 11.3 Å². The van der Waals surface area contributed by atoms with Crippen LogP contribution in [0.3, 0.4) is 0 Å². The zero-order valence-electron chi connectivity index (χ0n) is 13.0. The van der Waals surface area contributed by atoms with Crippen LogP contribution >= 0.6 is 11.8 Å². The van der Waals surface area contributed by atoms with Crippen molar-refractivity contribution >= 4 is 27.5 Å². The Balaban J connectivity index is 1.44. The van der Waals surface area contributed by atoms with Crippen molar-refractivity contribution in [2.75, 3.05) is 17.3 Å². The molecule has 0 radical (unpaired) electrons. The molecule has 8 heteroatoms. The zero-order chi connectivity index (χ0) is 17.0. The Bertz CT molecular complexity index is 802. The van der Waals surface area contributed by atoms with Gasteiger partial charge in [-0.15, -0.1) is 11.8 Å². The minimum atomic E-state index is -2.90. The maximum Gasteiger partial charge on any atom is 0.230 e. The lowest BCUT2D eigenvalue weighted by Gasteiger charge is -2.07. The van der Waals surface area contributed by atoms with Gasteiger partial charge in [0, 0.05) is 16.9 Å². The quantitative estimate of drug-likeness (QED) is 0.840. The van der Waals surface area contributed by atoms with Crippen LogP contribution < -0.4 is 5.32 Å². The summed E-state index contributed by atoms with van der Waals surface area (Å²) in [6, 6.07) is 11.4. The molecule has 1 aliphatic heterocycles. The lowest BCUT2D eigenvalue weighted by Crippen LogP contribution is -2.25. The van der Waals surface area contributed by atoms with Gasteiger partial charge in [0.05, 0.1) is 23.8 Å². The van der Waals surface area contributed by atoms with E-state index in [-0.39, 0.29) is 35.0 Å². The van der Waals surface area contributed by atoms with Crippen molar-refractivity contribution in [1.29, 1.82) is 0 Å². The van der Waals surface area contributed by atoms with Crippen LogP contribution in [0.25, 0.3) is 11.3 Å². The molecule has 2 aromatic rings. The SMILES string of the molecule is O=C(CSC1CCS(=O)(=O)C1)NCc1cc(-c2ccccc2)no1. The van der Waals surface area contributed by atoms with Crippen LogP contribution in [-0.4, -0.2) is 42.0 Å². The summed E-state index contributed by atoms with van der Waals surface area (Å²) in [5, 5.41) is 6.78. The van der Waals surface area contributed by atoms with E-state index < -0.39 is 9.84 Å². The highest BCUT2D eigenvalue weighted by molar-refractivity contribution is 8.02. The van der Waals surface area contributed by atoms with Gasteiger partial charge in [-0.25, -0.2) is 8.42 Å². The highest BCUT2D eigenvalue weighted by Crippen LogP contribution is 2.24. The summed E-state index contributed by atoms with van der Waals surface area (Å²) in [4.78, 5) is 11.9. The average Bonchev–Trinajstić information content (AvgIpc) is 3.18. The molecule has 1 fully saturated rings. The number of carbonyl (C=O) groups is 1. The van der Waals surface area contributed by atoms with Crippen LogP contribution in [0.5, 0.6) is 0 Å². The number of aromatic nitrogens is 1. The second-order valence-corrected chi connectivity index (χ2v) is 9.17. The molecule has 1 aromatic carbocycles. The Hall–Kier alpha value is -1.80. The first-order chi connectivity index (χ1) is 11.5. The minimum absolute atomic E-state index is 0.0238. The van der Waals surface area contributed by atoms with Gasteiger partial charge in [-0.2, -0.15) is 0 Å². The molecule has 3 rings (SSSR count). The summed E-state index contributed by atoms with van der Waals surface area (Å²) in [5.74, 6) is 1.09. The predicted molar refractivity (Wildman–Crippen MR) is 93.3 cm³/mol. The van der Waals surface area contributed by atoms with Crippen molar-refractivity contribution in [1.82, 2.24) is 10.5 Å². The number of nitrogens with zero attached hydrogens (tertiary/aromatic N) is 1. The number of amides is 1. The van der Waals surface area contributed by atoms with Crippen molar-refractivity contribution in [2.45, 2.75) is 18.2 Å². The van der Waals surface area contributed by atoms with Crippen molar-refractivity contribution < 1.29 is 17.7 Å². The summed E-state index contributed by atoms with van der Waals surface area (Å²) in [6.07, 6.45) is 0.628. The van der Waals surface area contributed by atoms with Gasteiger partial charge >= 0.3 is 0 Å². The van der Waals surface area contributed by atoms with E-state index in [1.807, 2.05) is 30.3 Å². The molecule has 6 nitrogen and oxygen atoms in total. The Morgan fingerprint density at radius 2 is 2.12 bits per heavy atom. The van der Waals surface area contributed by atoms with Gasteiger partial charge in [0.25, 0.3) is 0 Å². The van der Waals surface area contributed by atoms with Crippen LogP contribution in [0.4, 0.5) is 0 Å². The fourth-order valence-corrected chi connectivity index (χ4v) is 5.94. The molecule has 1 atom stereocenters. The maximum absolute atomic E-state index is 11.9. The smallest absolute Gasteiger partial charge is 0.230 e. The van der Waals surface area contributed by atoms with Gasteiger partial charge in [-0.05, 0) is 6.42 Å². The average molecular weight is 366 g/mol. The van der Waals surface area contributed by atoms with Crippen LogP contribution in [0.1, 0.15) is 12.2 Å². The summed E-state index contributed by atoms with van der Waals surface area (Å²) >= 11 is 1.39. The first-order valence-electron chi connectivity index (χ1n) is 7.61. The zero-order valence-corrected chi connectivity index (χ0v) is 14.6. The van der Waals surface area contributed by atoms with Gasteiger partial charge < -0.3 is 9.84 Å². The van der Waals surface area contributed by atoms with Crippen molar-refractivity contribution in [3.05, 3.63) is 42.2 Å². The Morgan fingerprint density at radius 1 is 1.33 bits per heavy atom. The summed E-state index contributed by atoms with van der Waals surface area (Å²) in [6.45, 7) is 0.266. The number of carbonyl (C=O) groups excluding carboxylic acids is 1. The Labute approximate surface area is 144 Å². The molecule has 128 valence electrons. The molecule has 0 aliphatic carbocycles. The van der Waals surface area contributed by atoms with E-state index in [0.29, 0.717) is 12.2 Å². The van der Waals surface area contributed by atoms with Gasteiger partial charge in [-0.3, -0.25) is 4.79 Å². The molecule has 1 N–H and O–H groups in total. The van der Waals surface area contributed by atoms with Gasteiger partial charge in [-0.1, -0.05) is 35.5 Å². The van der Waals surface area contributed by atoms with Gasteiger partial charge in [0.15, 0.2) is 15.6 Å². The lowest BCUT2D eigenvalue weighted by atomic mass is 10.1. The number of thioether (sulfide) groups is 1. The Morgan fingerprint density at radius 3 is 2.83 bits per heavy atom. The maximum atomic E-state index is 11.9. The molecule has 0 saturated carbocycles. The molecule has 0 spiro atoms. The molecule has 2 heterocycles. The van der Waals surface area contributed by atoms with Gasteiger partial charge in [0.2, 0.25) is 5.91 Å². The first kappa shape index (κ1) is 17.0. The molecule has 1 saturated heterocycles. The number of rotatable bonds is 6. The van der Waals surface area contributed by atoms with Crippen LogP contribution in [-0.2, 0) is 21.2 Å². The third-order valence-corrected chi connectivity index (χ3v) is 7.01. The molecule has 1 unspecified atom stereocenters. The molecule has 24 heavy (non-hydrogen) atoms. The fourth-order valence-electron chi connectivity index (χ4n) is 2.46. The summed E-state index contributed by atoms with van der Waals surface area (Å²) < 4.78 is 28.0. The summed E-state index contributed by atoms with van der Waals surface area (Å²) in [7, 11) is -2.90. The second-order valence-electron chi connectivity index (χ2n) is 5.66. The standard InChI is InChI=1S/C16H18N2O4S2/c19-16(10-23-14-6-7-24(20,21)11-14)17-9-13-8-15(18-22-13)12-4-2-1-3-5-12/h1-5,8,14H,6-7,9-11H2,(H,17,19). The number of hydrogen-bond donors (Lipinski definition) is 1. The molecule has 1 aromatic heterocycles. The molecular weight excluding hydrogens is 348 g/mol. The van der Waals surface area contributed by atoms with Crippen molar-refractivity contribution in [2.24, 2.45) is 0 Å². The highest BCUT2D eigenvalue weighted by atomic mass is 32.2.